The van der Waals surface area contributed by atoms with Crippen LogP contribution < -0.4 is 10.1 Å². The largest absolute Gasteiger partial charge is 0.495 e. The van der Waals surface area contributed by atoms with E-state index in [4.69, 9.17) is 16.3 Å². The van der Waals surface area contributed by atoms with Crippen molar-refractivity contribution in [2.24, 2.45) is 0 Å². The van der Waals surface area contributed by atoms with E-state index in [-0.39, 0.29) is 0 Å². The Morgan fingerprint density at radius 3 is 2.88 bits per heavy atom. The Balaban J connectivity index is 2.29. The molecule has 1 aliphatic rings. The fraction of sp³-hybridized carbons (Fsp3) is 0.500. The molecule has 2 nitrogen and oxygen atoms in total. The summed E-state index contributed by atoms with van der Waals surface area (Å²) < 4.78 is 19.6. The normalized spacial score (nSPS) is 25.4. The molecule has 1 N–H and O–H groups in total. The number of hydrogen-bond acceptors (Lipinski definition) is 2. The molecule has 1 aliphatic heterocycles. The molecule has 1 heterocycles. The highest BCUT2D eigenvalue weighted by Gasteiger charge is 2.34. The molecule has 1 aromatic carbocycles. The van der Waals surface area contributed by atoms with Crippen molar-refractivity contribution in [2.45, 2.75) is 18.5 Å². The lowest BCUT2D eigenvalue weighted by Crippen LogP contribution is -2.40. The van der Waals surface area contributed by atoms with Crippen LogP contribution in [0.1, 0.15) is 18.4 Å². The monoisotopic (exact) mass is 243 g/mol. The maximum atomic E-state index is 14.6. The van der Waals surface area contributed by atoms with Gasteiger partial charge in [0.1, 0.15) is 11.4 Å². The van der Waals surface area contributed by atoms with E-state index in [0.29, 0.717) is 29.3 Å². The number of hydrogen-bond donors (Lipinski definition) is 1. The topological polar surface area (TPSA) is 21.3 Å². The molecule has 0 radical (unpaired) electrons. The Kier molecular flexibility index (Phi) is 3.36. The molecule has 0 aromatic heterocycles. The third-order valence-electron chi connectivity index (χ3n) is 3.00. The maximum Gasteiger partial charge on any atom is 0.148 e. The molecule has 88 valence electrons. The number of alkyl halides is 1. The Morgan fingerprint density at radius 2 is 2.31 bits per heavy atom. The number of benzene rings is 1. The summed E-state index contributed by atoms with van der Waals surface area (Å²) in [5, 5.41) is 3.53. The summed E-state index contributed by atoms with van der Waals surface area (Å²) in [5.74, 6) is 0.581. The van der Waals surface area contributed by atoms with Crippen LogP contribution in [0.25, 0.3) is 0 Å². The first-order valence-corrected chi connectivity index (χ1v) is 5.77. The van der Waals surface area contributed by atoms with Gasteiger partial charge in [0.05, 0.1) is 12.1 Å². The van der Waals surface area contributed by atoms with E-state index in [2.05, 4.69) is 5.32 Å². The van der Waals surface area contributed by atoms with Crippen molar-refractivity contribution in [2.75, 3.05) is 20.2 Å². The van der Waals surface area contributed by atoms with Crippen LogP contribution in [0.15, 0.2) is 18.2 Å². The zero-order chi connectivity index (χ0) is 11.6. The molecule has 1 unspecified atom stereocenters. The number of rotatable bonds is 2. The van der Waals surface area contributed by atoms with E-state index in [0.717, 1.165) is 13.0 Å². The summed E-state index contributed by atoms with van der Waals surface area (Å²) in [5.41, 5.74) is -0.667. The third-order valence-corrected chi connectivity index (χ3v) is 3.30. The van der Waals surface area contributed by atoms with Gasteiger partial charge in [-0.3, -0.25) is 0 Å². The number of halogens is 2. The number of nitrogens with one attached hydrogen (secondary N) is 1. The quantitative estimate of drug-likeness (QED) is 0.863. The summed E-state index contributed by atoms with van der Waals surface area (Å²) >= 11 is 6.00. The second-order valence-corrected chi connectivity index (χ2v) is 4.50. The van der Waals surface area contributed by atoms with E-state index in [1.165, 1.54) is 0 Å². The van der Waals surface area contributed by atoms with Crippen molar-refractivity contribution < 1.29 is 9.13 Å². The first kappa shape index (κ1) is 11.7. The summed E-state index contributed by atoms with van der Waals surface area (Å²) in [7, 11) is 1.55. The molecule has 1 atom stereocenters. The molecule has 0 bridgehead atoms. The van der Waals surface area contributed by atoms with Gasteiger partial charge in [-0.15, -0.1) is 0 Å². The fourth-order valence-corrected chi connectivity index (χ4v) is 2.32. The van der Waals surface area contributed by atoms with E-state index < -0.39 is 5.67 Å². The van der Waals surface area contributed by atoms with Gasteiger partial charge in [-0.1, -0.05) is 17.7 Å². The molecule has 0 saturated carbocycles. The van der Waals surface area contributed by atoms with Crippen LogP contribution >= 0.6 is 11.6 Å². The van der Waals surface area contributed by atoms with E-state index in [1.807, 2.05) is 0 Å². The number of piperidine rings is 1. The molecule has 1 fully saturated rings. The van der Waals surface area contributed by atoms with Crippen LogP contribution in [0.2, 0.25) is 5.02 Å². The third kappa shape index (κ3) is 2.15. The number of methoxy groups -OCH3 is 1. The fourth-order valence-electron chi connectivity index (χ4n) is 2.06. The first-order valence-electron chi connectivity index (χ1n) is 5.39. The summed E-state index contributed by atoms with van der Waals surface area (Å²) in [4.78, 5) is 0. The summed E-state index contributed by atoms with van der Waals surface area (Å²) in [6.07, 6.45) is 1.39. The predicted molar refractivity (Wildman–Crippen MR) is 62.9 cm³/mol. The molecule has 0 aliphatic carbocycles. The van der Waals surface area contributed by atoms with Crippen molar-refractivity contribution in [3.8, 4) is 5.75 Å². The molecule has 2 rings (SSSR count). The molecular formula is C12H15ClFNO. The second kappa shape index (κ2) is 4.60. The van der Waals surface area contributed by atoms with E-state index in [1.54, 1.807) is 25.3 Å². The van der Waals surface area contributed by atoms with Crippen molar-refractivity contribution in [1.82, 2.24) is 5.32 Å². The first-order chi connectivity index (χ1) is 7.65. The minimum absolute atomic E-state index is 0.357. The standard InChI is InChI=1S/C12H15ClFNO/c1-16-11-4-3-9(7-10(11)13)12(14)5-2-6-15-8-12/h3-4,7,15H,2,5-6,8H2,1H3. The molecule has 0 spiro atoms. The van der Waals surface area contributed by atoms with Crippen LogP contribution in [0.3, 0.4) is 0 Å². The Labute approximate surface area is 99.7 Å². The van der Waals surface area contributed by atoms with Crippen LogP contribution in [0.5, 0.6) is 5.75 Å². The lowest BCUT2D eigenvalue weighted by atomic mass is 9.88. The average Bonchev–Trinajstić information content (AvgIpc) is 2.30. The van der Waals surface area contributed by atoms with Gasteiger partial charge in [0.2, 0.25) is 0 Å². The van der Waals surface area contributed by atoms with Gasteiger partial charge in [-0.05, 0) is 37.1 Å². The molecule has 1 saturated heterocycles. The van der Waals surface area contributed by atoms with Crippen LogP contribution in [-0.4, -0.2) is 20.2 Å². The zero-order valence-corrected chi connectivity index (χ0v) is 9.98. The van der Waals surface area contributed by atoms with Gasteiger partial charge >= 0.3 is 0 Å². The minimum Gasteiger partial charge on any atom is -0.495 e. The van der Waals surface area contributed by atoms with Crippen LogP contribution in [0, 0.1) is 0 Å². The van der Waals surface area contributed by atoms with Crippen LogP contribution in [0.4, 0.5) is 4.39 Å². The lowest BCUT2D eigenvalue weighted by Gasteiger charge is -2.30. The van der Waals surface area contributed by atoms with Crippen molar-refractivity contribution in [3.63, 3.8) is 0 Å². The smallest absolute Gasteiger partial charge is 0.148 e. The predicted octanol–water partition coefficient (Wildman–Crippen LogP) is 2.90. The molecule has 1 aromatic rings. The van der Waals surface area contributed by atoms with Crippen molar-refractivity contribution >= 4 is 11.6 Å². The summed E-state index contributed by atoms with van der Waals surface area (Å²) in [6, 6.07) is 5.12. The average molecular weight is 244 g/mol. The van der Waals surface area contributed by atoms with Gasteiger partial charge in [0, 0.05) is 6.54 Å². The maximum absolute atomic E-state index is 14.6. The highest BCUT2D eigenvalue weighted by Crippen LogP contribution is 2.36. The van der Waals surface area contributed by atoms with Crippen LogP contribution in [-0.2, 0) is 5.67 Å². The Hall–Kier alpha value is -0.800. The number of ether oxygens (including phenoxy) is 1. The molecule has 16 heavy (non-hydrogen) atoms. The SMILES string of the molecule is COc1ccc(C2(F)CCCNC2)cc1Cl. The van der Waals surface area contributed by atoms with Gasteiger partial charge in [-0.2, -0.15) is 0 Å². The highest BCUT2D eigenvalue weighted by molar-refractivity contribution is 6.32. The van der Waals surface area contributed by atoms with E-state index in [9.17, 15) is 4.39 Å². The Morgan fingerprint density at radius 1 is 1.50 bits per heavy atom. The van der Waals surface area contributed by atoms with Gasteiger partial charge in [0.15, 0.2) is 0 Å². The van der Waals surface area contributed by atoms with Gasteiger partial charge in [0.25, 0.3) is 0 Å². The lowest BCUT2D eigenvalue weighted by molar-refractivity contribution is 0.122. The second-order valence-electron chi connectivity index (χ2n) is 4.09. The van der Waals surface area contributed by atoms with Crippen molar-refractivity contribution in [1.29, 1.82) is 0 Å². The highest BCUT2D eigenvalue weighted by atomic mass is 35.5. The molecular weight excluding hydrogens is 229 g/mol. The Bertz CT molecular complexity index is 377. The minimum atomic E-state index is -1.30. The van der Waals surface area contributed by atoms with Gasteiger partial charge in [-0.25, -0.2) is 4.39 Å². The van der Waals surface area contributed by atoms with E-state index >= 15 is 0 Å². The molecule has 4 heteroatoms. The molecule has 0 amide bonds. The summed E-state index contributed by atoms with van der Waals surface area (Å²) in [6.45, 7) is 1.24. The van der Waals surface area contributed by atoms with Gasteiger partial charge < -0.3 is 10.1 Å². The van der Waals surface area contributed by atoms with Crippen molar-refractivity contribution in [3.05, 3.63) is 28.8 Å². The zero-order valence-electron chi connectivity index (χ0n) is 9.22.